The standard InChI is InChI=1S/C4F7NO/c5-2(6,1-12)3(7,8)13-4(9,10)11. The Morgan fingerprint density at radius 3 is 1.54 bits per heavy atom. The molecule has 0 saturated heterocycles. The van der Waals surface area contributed by atoms with Gasteiger partial charge in [-0.2, -0.15) is 22.8 Å². The molecule has 0 aromatic rings. The van der Waals surface area contributed by atoms with E-state index >= 15 is 0 Å². The predicted octanol–water partition coefficient (Wildman–Crippen LogP) is 2.27. The van der Waals surface area contributed by atoms with E-state index in [1.54, 1.807) is 4.74 Å². The smallest absolute Gasteiger partial charge is 0.220 e. The highest BCUT2D eigenvalue weighted by molar-refractivity contribution is 4.98. The normalized spacial score (nSPS) is 14.0. The monoisotopic (exact) mass is 211 g/mol. The van der Waals surface area contributed by atoms with Crippen LogP contribution in [0.3, 0.4) is 0 Å². The lowest BCUT2D eigenvalue weighted by Crippen LogP contribution is -2.45. The van der Waals surface area contributed by atoms with Gasteiger partial charge in [-0.15, -0.1) is 13.2 Å². The average Bonchev–Trinajstić information content (AvgIpc) is 1.81. The van der Waals surface area contributed by atoms with Crippen molar-refractivity contribution >= 4 is 0 Å². The van der Waals surface area contributed by atoms with E-state index in [0.717, 1.165) is 0 Å². The molecule has 0 aliphatic rings. The van der Waals surface area contributed by atoms with E-state index in [-0.39, 0.29) is 6.07 Å². The highest BCUT2D eigenvalue weighted by Gasteiger charge is 2.63. The van der Waals surface area contributed by atoms with Crippen LogP contribution in [0.1, 0.15) is 0 Å². The third-order valence-corrected chi connectivity index (χ3v) is 0.750. The molecular formula is C4F7NO. The fourth-order valence-electron chi connectivity index (χ4n) is 0.275. The summed E-state index contributed by atoms with van der Waals surface area (Å²) in [6.45, 7) is 0. The maximum absolute atomic E-state index is 11.8. The van der Waals surface area contributed by atoms with Gasteiger partial charge >= 0.3 is 18.4 Å². The maximum Gasteiger partial charge on any atom is 0.527 e. The third kappa shape index (κ3) is 3.06. The minimum Gasteiger partial charge on any atom is -0.220 e. The van der Waals surface area contributed by atoms with Crippen LogP contribution in [0, 0.1) is 11.3 Å². The van der Waals surface area contributed by atoms with Gasteiger partial charge in [0.15, 0.2) is 0 Å². The van der Waals surface area contributed by atoms with Crippen molar-refractivity contribution in [1.29, 1.82) is 5.26 Å². The SMILES string of the molecule is N#CC(F)(F)C(F)(F)OC(F)(F)F. The van der Waals surface area contributed by atoms with Crippen LogP contribution in [0.5, 0.6) is 0 Å². The van der Waals surface area contributed by atoms with Gasteiger partial charge in [0, 0.05) is 0 Å². The average molecular weight is 211 g/mol. The molecule has 0 heterocycles. The number of hydrogen-bond donors (Lipinski definition) is 0. The molecule has 0 fully saturated rings. The lowest BCUT2D eigenvalue weighted by molar-refractivity contribution is -0.457. The number of halogens is 7. The molecule has 0 aromatic carbocycles. The molecule has 0 aromatic heterocycles. The summed E-state index contributed by atoms with van der Waals surface area (Å²) in [5.41, 5.74) is 0. The van der Waals surface area contributed by atoms with Crippen LogP contribution >= 0.6 is 0 Å². The summed E-state index contributed by atoms with van der Waals surface area (Å²) < 4.78 is 82.0. The fourth-order valence-corrected chi connectivity index (χ4v) is 0.275. The molecule has 76 valence electrons. The molecule has 0 amide bonds. The van der Waals surface area contributed by atoms with E-state index in [4.69, 9.17) is 5.26 Å². The van der Waals surface area contributed by atoms with E-state index in [1.807, 2.05) is 0 Å². The first-order valence-electron chi connectivity index (χ1n) is 2.45. The van der Waals surface area contributed by atoms with E-state index in [0.29, 0.717) is 0 Å². The molecule has 0 unspecified atom stereocenters. The number of alkyl halides is 7. The molecule has 0 rings (SSSR count). The van der Waals surface area contributed by atoms with E-state index in [2.05, 4.69) is 0 Å². The first-order chi connectivity index (χ1) is 5.52. The minimum atomic E-state index is -5.94. The van der Waals surface area contributed by atoms with E-state index in [9.17, 15) is 30.7 Å². The summed E-state index contributed by atoms with van der Waals surface area (Å²) in [6, 6.07) is -0.304. The molecule has 13 heavy (non-hydrogen) atoms. The van der Waals surface area contributed by atoms with Crippen molar-refractivity contribution in [3.8, 4) is 6.07 Å². The van der Waals surface area contributed by atoms with Crippen LogP contribution < -0.4 is 0 Å². The zero-order valence-electron chi connectivity index (χ0n) is 5.50. The molecule has 9 heteroatoms. The molecule has 0 aliphatic heterocycles. The molecular weight excluding hydrogens is 211 g/mol. The van der Waals surface area contributed by atoms with Crippen LogP contribution in [0.25, 0.3) is 0 Å². The lowest BCUT2D eigenvalue weighted by Gasteiger charge is -2.21. The molecule has 0 atom stereocenters. The van der Waals surface area contributed by atoms with Gasteiger partial charge in [-0.3, -0.25) is 0 Å². The van der Waals surface area contributed by atoms with Gasteiger partial charge in [0.1, 0.15) is 6.07 Å². The second-order valence-corrected chi connectivity index (χ2v) is 1.75. The van der Waals surface area contributed by atoms with Gasteiger partial charge in [0.05, 0.1) is 0 Å². The van der Waals surface area contributed by atoms with Crippen LogP contribution in [0.4, 0.5) is 30.7 Å². The maximum atomic E-state index is 11.8. The Labute approximate surface area is 66.5 Å². The van der Waals surface area contributed by atoms with Crippen molar-refractivity contribution in [2.24, 2.45) is 0 Å². The highest BCUT2D eigenvalue weighted by Crippen LogP contribution is 2.39. The molecule has 0 aliphatic carbocycles. The molecule has 2 nitrogen and oxygen atoms in total. The summed E-state index contributed by atoms with van der Waals surface area (Å²) >= 11 is 0. The Bertz CT molecular complexity index is 226. The largest absolute Gasteiger partial charge is 0.527 e. The van der Waals surface area contributed by atoms with Gasteiger partial charge < -0.3 is 0 Å². The third-order valence-electron chi connectivity index (χ3n) is 0.750. The highest BCUT2D eigenvalue weighted by atomic mass is 19.4. The lowest BCUT2D eigenvalue weighted by atomic mass is 10.3. The Balaban J connectivity index is 4.70. The van der Waals surface area contributed by atoms with Crippen LogP contribution in [-0.4, -0.2) is 18.4 Å². The van der Waals surface area contributed by atoms with Crippen LogP contribution in [0.15, 0.2) is 0 Å². The van der Waals surface area contributed by atoms with Crippen molar-refractivity contribution in [3.63, 3.8) is 0 Å². The second kappa shape index (κ2) is 3.02. The van der Waals surface area contributed by atoms with E-state index in [1.165, 1.54) is 0 Å². The quantitative estimate of drug-likeness (QED) is 0.656. The molecule has 0 saturated carbocycles. The van der Waals surface area contributed by atoms with Crippen molar-refractivity contribution < 1.29 is 35.5 Å². The molecule has 0 radical (unpaired) electrons. The van der Waals surface area contributed by atoms with E-state index < -0.39 is 18.4 Å². The Hall–Kier alpha value is -1.04. The second-order valence-electron chi connectivity index (χ2n) is 1.75. The summed E-state index contributed by atoms with van der Waals surface area (Å²) in [7, 11) is 0. The van der Waals surface area contributed by atoms with Gasteiger partial charge in [0.2, 0.25) is 0 Å². The molecule has 0 spiro atoms. The summed E-state index contributed by atoms with van der Waals surface area (Å²) in [5, 5.41) is 7.40. The fraction of sp³-hybridized carbons (Fsp3) is 0.750. The number of rotatable bonds is 2. The Kier molecular flexibility index (Phi) is 2.78. The van der Waals surface area contributed by atoms with Crippen molar-refractivity contribution in [1.82, 2.24) is 0 Å². The van der Waals surface area contributed by atoms with Crippen molar-refractivity contribution in [3.05, 3.63) is 0 Å². The Morgan fingerprint density at radius 1 is 0.923 bits per heavy atom. The van der Waals surface area contributed by atoms with Gasteiger partial charge in [-0.25, -0.2) is 4.74 Å². The summed E-state index contributed by atoms with van der Waals surface area (Å²) in [5.74, 6) is -5.53. The first kappa shape index (κ1) is 12.0. The topological polar surface area (TPSA) is 33.0 Å². The predicted molar refractivity (Wildman–Crippen MR) is 22.6 cm³/mol. The zero-order valence-corrected chi connectivity index (χ0v) is 5.50. The van der Waals surface area contributed by atoms with Gasteiger partial charge in [-0.1, -0.05) is 0 Å². The summed E-state index contributed by atoms with van der Waals surface area (Å²) in [6.07, 6.45) is -11.8. The number of nitrogens with zero attached hydrogens (tertiary/aromatic N) is 1. The van der Waals surface area contributed by atoms with Gasteiger partial charge in [-0.05, 0) is 0 Å². The molecule has 0 bridgehead atoms. The number of nitriles is 1. The number of hydrogen-bond acceptors (Lipinski definition) is 2. The van der Waals surface area contributed by atoms with Crippen LogP contribution in [-0.2, 0) is 4.74 Å². The van der Waals surface area contributed by atoms with Crippen molar-refractivity contribution in [2.45, 2.75) is 18.4 Å². The van der Waals surface area contributed by atoms with Crippen molar-refractivity contribution in [2.75, 3.05) is 0 Å². The first-order valence-corrected chi connectivity index (χ1v) is 2.45. The van der Waals surface area contributed by atoms with Gasteiger partial charge in [0.25, 0.3) is 0 Å². The zero-order chi connectivity index (χ0) is 10.9. The molecule has 0 N–H and O–H groups in total. The number of ether oxygens (including phenoxy) is 1. The minimum absolute atomic E-state index is 0.304. The summed E-state index contributed by atoms with van der Waals surface area (Å²) in [4.78, 5) is 0. The van der Waals surface area contributed by atoms with Crippen LogP contribution in [0.2, 0.25) is 0 Å². The Morgan fingerprint density at radius 2 is 1.31 bits per heavy atom.